The number of hydrogen-bond donors (Lipinski definition) is 3. The van der Waals surface area contributed by atoms with Gasteiger partial charge in [0.2, 0.25) is 5.91 Å². The highest BCUT2D eigenvalue weighted by molar-refractivity contribution is 7.47. The summed E-state index contributed by atoms with van der Waals surface area (Å²) in [7, 11) is 1.55. The van der Waals surface area contributed by atoms with Gasteiger partial charge in [-0.05, 0) is 70.6 Å². The van der Waals surface area contributed by atoms with Crippen LogP contribution < -0.4 is 5.32 Å². The van der Waals surface area contributed by atoms with E-state index in [-0.39, 0.29) is 19.1 Å². The van der Waals surface area contributed by atoms with Crippen molar-refractivity contribution in [3.05, 3.63) is 60.8 Å². The minimum absolute atomic E-state index is 0.0515. The molecule has 0 aliphatic rings. The van der Waals surface area contributed by atoms with Crippen LogP contribution in [0.15, 0.2) is 60.8 Å². The molecule has 0 radical (unpaired) electrons. The van der Waals surface area contributed by atoms with Gasteiger partial charge in [0.05, 0.1) is 39.9 Å². The van der Waals surface area contributed by atoms with E-state index in [1.54, 1.807) is 6.08 Å². The molecule has 3 N–H and O–H groups in total. The number of unbranched alkanes of at least 4 members (excludes halogenated alkanes) is 36. The lowest BCUT2D eigenvalue weighted by Crippen LogP contribution is -2.45. The number of nitrogens with one attached hydrogen (secondary N) is 1. The smallest absolute Gasteiger partial charge is 0.387 e. The van der Waals surface area contributed by atoms with E-state index in [9.17, 15) is 19.4 Å². The van der Waals surface area contributed by atoms with E-state index in [1.807, 2.05) is 27.2 Å². The van der Waals surface area contributed by atoms with Crippen LogP contribution in [-0.2, 0) is 18.4 Å². The molecule has 428 valence electrons. The zero-order chi connectivity index (χ0) is 53.5. The topological polar surface area (TPSA) is 105 Å². The summed E-state index contributed by atoms with van der Waals surface area (Å²) in [4.78, 5) is 23.3. The summed E-state index contributed by atoms with van der Waals surface area (Å²) in [5.74, 6) is -0.198. The lowest BCUT2D eigenvalue weighted by Gasteiger charge is -2.25. The van der Waals surface area contributed by atoms with Crippen LogP contribution in [0.25, 0.3) is 0 Å². The van der Waals surface area contributed by atoms with Crippen molar-refractivity contribution < 1.29 is 32.9 Å². The third-order valence-electron chi connectivity index (χ3n) is 14.0. The first kappa shape index (κ1) is 71.2. The van der Waals surface area contributed by atoms with Gasteiger partial charge in [0.1, 0.15) is 13.2 Å². The van der Waals surface area contributed by atoms with Gasteiger partial charge in [-0.25, -0.2) is 4.57 Å². The number of phosphoric acid groups is 1. The lowest BCUT2D eigenvalue weighted by molar-refractivity contribution is -0.870. The SMILES string of the molecule is CCCCCCC/C=C\C/C=C\C/C=C\CCCCCCCCC(=O)NC(COP(=O)(O)OCC[N+](C)(C)C)C(O)/C=C/CC/C=C/CCCCCCCCCCCCCCCCCCCCCCCCCC. The Kier molecular flexibility index (Phi) is 53.6. The first-order valence-electron chi connectivity index (χ1n) is 31.2. The van der Waals surface area contributed by atoms with Gasteiger partial charge in [-0.15, -0.1) is 0 Å². The van der Waals surface area contributed by atoms with E-state index in [4.69, 9.17) is 9.05 Å². The van der Waals surface area contributed by atoms with Crippen LogP contribution in [0.1, 0.15) is 290 Å². The minimum Gasteiger partial charge on any atom is -0.387 e. The molecule has 1 amide bonds. The Morgan fingerprint density at radius 1 is 0.466 bits per heavy atom. The van der Waals surface area contributed by atoms with E-state index in [0.29, 0.717) is 17.4 Å². The van der Waals surface area contributed by atoms with Crippen molar-refractivity contribution in [3.8, 4) is 0 Å². The predicted molar refractivity (Wildman–Crippen MR) is 318 cm³/mol. The van der Waals surface area contributed by atoms with Crippen molar-refractivity contribution in [2.24, 2.45) is 0 Å². The van der Waals surface area contributed by atoms with E-state index in [1.165, 1.54) is 205 Å². The van der Waals surface area contributed by atoms with Crippen molar-refractivity contribution in [1.29, 1.82) is 0 Å². The quantitative estimate of drug-likeness (QED) is 0.0243. The summed E-state index contributed by atoms with van der Waals surface area (Å²) in [6.07, 6.45) is 74.9. The first-order valence-corrected chi connectivity index (χ1v) is 32.7. The zero-order valence-corrected chi connectivity index (χ0v) is 49.8. The van der Waals surface area contributed by atoms with Gasteiger partial charge in [-0.3, -0.25) is 13.8 Å². The average molecular weight is 1050 g/mol. The number of allylic oxidation sites excluding steroid dienone is 9. The fourth-order valence-corrected chi connectivity index (χ4v) is 9.80. The van der Waals surface area contributed by atoms with Crippen molar-refractivity contribution in [1.82, 2.24) is 5.32 Å². The molecule has 0 saturated heterocycles. The molecule has 0 aliphatic carbocycles. The summed E-state index contributed by atoms with van der Waals surface area (Å²) in [6, 6.07) is -0.874. The Bertz CT molecular complexity index is 1370. The van der Waals surface area contributed by atoms with E-state index in [0.717, 1.165) is 64.2 Å². The molecule has 0 spiro atoms. The van der Waals surface area contributed by atoms with E-state index in [2.05, 4.69) is 67.8 Å². The van der Waals surface area contributed by atoms with Crippen molar-refractivity contribution in [2.45, 2.75) is 302 Å². The van der Waals surface area contributed by atoms with Crippen LogP contribution in [0.3, 0.4) is 0 Å². The number of rotatable bonds is 57. The second kappa shape index (κ2) is 55.0. The minimum atomic E-state index is -4.36. The Labute approximate surface area is 453 Å². The summed E-state index contributed by atoms with van der Waals surface area (Å²) in [6.45, 7) is 4.80. The number of phosphoric ester groups is 1. The Balaban J connectivity index is 4.20. The average Bonchev–Trinajstić information content (AvgIpc) is 3.35. The molecule has 0 aromatic rings. The van der Waals surface area contributed by atoms with Crippen LogP contribution in [-0.4, -0.2) is 73.4 Å². The number of carbonyl (C=O) groups excluding carboxylic acids is 1. The lowest BCUT2D eigenvalue weighted by atomic mass is 10.0. The predicted octanol–water partition coefficient (Wildman–Crippen LogP) is 19.3. The number of aliphatic hydroxyl groups excluding tert-OH is 1. The van der Waals surface area contributed by atoms with E-state index < -0.39 is 20.0 Å². The van der Waals surface area contributed by atoms with Crippen LogP contribution in [0.2, 0.25) is 0 Å². The Hall–Kier alpha value is -1.80. The molecule has 0 bridgehead atoms. The van der Waals surface area contributed by atoms with Crippen LogP contribution in [0.4, 0.5) is 0 Å². The fraction of sp³-hybridized carbons (Fsp3) is 0.828. The standard InChI is InChI=1S/C64H121N2O6P/c1-6-8-10-12-14-16-18-20-22-24-26-28-29-30-31-32-33-34-35-36-38-39-41-43-45-47-49-51-53-55-57-63(67)62(61-72-73(69,70)71-60-59-66(3,4)5)65-64(68)58-56-54-52-50-48-46-44-42-40-37-27-25-23-21-19-17-15-13-11-9-7-2/h19,21,25,27,40,42,47,49,55,57,62-63,67H,6-18,20,22-24,26,28-39,41,43-46,48,50-54,56,58-61H2,1-5H3,(H-,65,68,69,70)/p+1/b21-19-,27-25-,42-40-,49-47+,57-55+. The van der Waals surface area contributed by atoms with Gasteiger partial charge in [-0.2, -0.15) is 0 Å². The second-order valence-corrected chi connectivity index (χ2v) is 23.9. The molecule has 0 fully saturated rings. The first-order chi connectivity index (χ1) is 35.5. The number of amides is 1. The molecule has 0 heterocycles. The third-order valence-corrected chi connectivity index (χ3v) is 14.9. The number of nitrogens with zero attached hydrogens (tertiary/aromatic N) is 1. The largest absolute Gasteiger partial charge is 0.472 e. The third kappa shape index (κ3) is 57.7. The maximum atomic E-state index is 13.0. The molecular formula is C64H122N2O6P+. The maximum Gasteiger partial charge on any atom is 0.472 e. The molecule has 9 heteroatoms. The summed E-state index contributed by atoms with van der Waals surface area (Å²) in [5, 5.41) is 13.9. The summed E-state index contributed by atoms with van der Waals surface area (Å²) in [5.41, 5.74) is 0. The molecule has 0 aromatic carbocycles. The highest BCUT2D eigenvalue weighted by Crippen LogP contribution is 2.43. The van der Waals surface area contributed by atoms with Gasteiger partial charge in [0, 0.05) is 6.42 Å². The highest BCUT2D eigenvalue weighted by Gasteiger charge is 2.27. The molecule has 8 nitrogen and oxygen atoms in total. The van der Waals surface area contributed by atoms with Gasteiger partial charge in [-0.1, -0.05) is 274 Å². The van der Waals surface area contributed by atoms with Gasteiger partial charge in [0.15, 0.2) is 0 Å². The van der Waals surface area contributed by atoms with Gasteiger partial charge < -0.3 is 19.8 Å². The number of aliphatic hydroxyl groups is 1. The molecule has 0 aliphatic heterocycles. The molecule has 73 heavy (non-hydrogen) atoms. The maximum absolute atomic E-state index is 13.0. The number of hydrogen-bond acceptors (Lipinski definition) is 5. The summed E-state index contributed by atoms with van der Waals surface area (Å²) < 4.78 is 23.7. The van der Waals surface area contributed by atoms with Gasteiger partial charge >= 0.3 is 7.82 Å². The molecule has 0 aromatic heterocycles. The molecule has 0 saturated carbocycles. The zero-order valence-electron chi connectivity index (χ0n) is 48.9. The molecule has 3 atom stereocenters. The van der Waals surface area contributed by atoms with E-state index >= 15 is 0 Å². The van der Waals surface area contributed by atoms with Crippen molar-refractivity contribution in [3.63, 3.8) is 0 Å². The number of quaternary nitrogens is 1. The van der Waals surface area contributed by atoms with Crippen LogP contribution >= 0.6 is 7.82 Å². The van der Waals surface area contributed by atoms with Gasteiger partial charge in [0.25, 0.3) is 0 Å². The number of carbonyl (C=O) groups is 1. The monoisotopic (exact) mass is 1050 g/mol. The Morgan fingerprint density at radius 2 is 0.795 bits per heavy atom. The van der Waals surface area contributed by atoms with Crippen LogP contribution in [0, 0.1) is 0 Å². The normalized spacial score (nSPS) is 14.2. The molecule has 3 unspecified atom stereocenters. The number of likely N-dealkylation sites (N-methyl/N-ethyl adjacent to an activating group) is 1. The van der Waals surface area contributed by atoms with Crippen molar-refractivity contribution >= 4 is 13.7 Å². The Morgan fingerprint density at radius 3 is 1.19 bits per heavy atom. The van der Waals surface area contributed by atoms with Crippen molar-refractivity contribution in [2.75, 3.05) is 40.9 Å². The fourth-order valence-electron chi connectivity index (χ4n) is 9.07. The van der Waals surface area contributed by atoms with Crippen LogP contribution in [0.5, 0.6) is 0 Å². The second-order valence-electron chi connectivity index (χ2n) is 22.4. The molecular weight excluding hydrogens is 924 g/mol. The highest BCUT2D eigenvalue weighted by atomic mass is 31.2. The molecule has 0 rings (SSSR count). The summed E-state index contributed by atoms with van der Waals surface area (Å²) >= 11 is 0.